The summed E-state index contributed by atoms with van der Waals surface area (Å²) in [6, 6.07) is 9.59. The molecule has 0 aliphatic heterocycles. The van der Waals surface area contributed by atoms with Crippen molar-refractivity contribution >= 4 is 16.1 Å². The molecule has 21 heavy (non-hydrogen) atoms. The highest BCUT2D eigenvalue weighted by atomic mass is 32.2. The predicted octanol–water partition coefficient (Wildman–Crippen LogP) is 0.820. The lowest BCUT2D eigenvalue weighted by atomic mass is 10.2. The highest BCUT2D eigenvalue weighted by molar-refractivity contribution is 7.87. The molecule has 1 N–H and O–H groups in total. The van der Waals surface area contributed by atoms with Gasteiger partial charge < -0.3 is 4.90 Å². The number of rotatable bonds is 7. The van der Waals surface area contributed by atoms with Crippen LogP contribution < -0.4 is 4.72 Å². The van der Waals surface area contributed by atoms with Crippen molar-refractivity contribution in [3.63, 3.8) is 0 Å². The van der Waals surface area contributed by atoms with E-state index in [2.05, 4.69) is 4.72 Å². The zero-order chi connectivity index (χ0) is 16.0. The third-order valence-electron chi connectivity index (χ3n) is 3.03. The molecule has 0 saturated carbocycles. The second-order valence-corrected chi connectivity index (χ2v) is 7.18. The van der Waals surface area contributed by atoms with Crippen LogP contribution in [-0.4, -0.2) is 50.2 Å². The van der Waals surface area contributed by atoms with Gasteiger partial charge in [0.1, 0.15) is 0 Å². The Morgan fingerprint density at radius 2 is 1.76 bits per heavy atom. The number of nitrogens with zero attached hydrogens (tertiary/aromatic N) is 2. The van der Waals surface area contributed by atoms with Crippen molar-refractivity contribution in [1.82, 2.24) is 13.9 Å². The summed E-state index contributed by atoms with van der Waals surface area (Å²) in [7, 11) is -0.762. The molecule has 0 radical (unpaired) electrons. The van der Waals surface area contributed by atoms with Crippen LogP contribution in [-0.2, 0) is 21.5 Å². The summed E-state index contributed by atoms with van der Waals surface area (Å²) >= 11 is 0. The first-order valence-electron chi connectivity index (χ1n) is 6.74. The zero-order valence-corrected chi connectivity index (χ0v) is 13.7. The quantitative estimate of drug-likeness (QED) is 0.810. The van der Waals surface area contributed by atoms with Crippen molar-refractivity contribution in [2.75, 3.05) is 20.6 Å². The Balaban J connectivity index is 2.71. The second kappa shape index (κ2) is 7.53. The molecule has 0 saturated heterocycles. The Morgan fingerprint density at radius 1 is 1.19 bits per heavy atom. The molecule has 6 nitrogen and oxygen atoms in total. The van der Waals surface area contributed by atoms with Gasteiger partial charge in [0.05, 0.1) is 6.54 Å². The molecule has 0 bridgehead atoms. The summed E-state index contributed by atoms with van der Waals surface area (Å²) in [6.07, 6.45) is 0. The predicted molar refractivity (Wildman–Crippen MR) is 82.7 cm³/mol. The number of nitrogens with one attached hydrogen (secondary N) is 1. The van der Waals surface area contributed by atoms with Crippen LogP contribution >= 0.6 is 0 Å². The molecule has 0 spiro atoms. The molecule has 0 unspecified atom stereocenters. The molecule has 7 heteroatoms. The van der Waals surface area contributed by atoms with Gasteiger partial charge in [0.15, 0.2) is 0 Å². The molecule has 0 heterocycles. The topological polar surface area (TPSA) is 69.7 Å². The molecule has 1 rings (SSSR count). The smallest absolute Gasteiger partial charge is 0.279 e. The number of amides is 1. The lowest BCUT2D eigenvalue weighted by Gasteiger charge is -2.27. The van der Waals surface area contributed by atoms with E-state index in [1.807, 2.05) is 44.2 Å². The SMILES string of the molecule is CC(C)N(Cc1ccccc1)C(=O)CNS(=O)(=O)N(C)C. The highest BCUT2D eigenvalue weighted by Crippen LogP contribution is 2.08. The fourth-order valence-corrected chi connectivity index (χ4v) is 2.29. The van der Waals surface area contributed by atoms with Crippen LogP contribution in [0.3, 0.4) is 0 Å². The lowest BCUT2D eigenvalue weighted by molar-refractivity contribution is -0.132. The van der Waals surface area contributed by atoms with E-state index in [1.54, 1.807) is 4.90 Å². The summed E-state index contributed by atoms with van der Waals surface area (Å²) in [5.41, 5.74) is 1.01. The van der Waals surface area contributed by atoms with Gasteiger partial charge >= 0.3 is 0 Å². The molecular formula is C14H23N3O3S. The van der Waals surface area contributed by atoms with E-state index in [1.165, 1.54) is 14.1 Å². The van der Waals surface area contributed by atoms with Gasteiger partial charge in [-0.15, -0.1) is 0 Å². The fourth-order valence-electron chi connectivity index (χ4n) is 1.72. The van der Waals surface area contributed by atoms with Crippen LogP contribution in [0, 0.1) is 0 Å². The molecule has 0 aliphatic rings. The Hall–Kier alpha value is -1.44. The number of hydrogen-bond acceptors (Lipinski definition) is 3. The van der Waals surface area contributed by atoms with Crippen molar-refractivity contribution in [2.45, 2.75) is 26.4 Å². The average Bonchev–Trinajstić information content (AvgIpc) is 2.43. The van der Waals surface area contributed by atoms with Crippen molar-refractivity contribution < 1.29 is 13.2 Å². The largest absolute Gasteiger partial charge is 0.335 e. The van der Waals surface area contributed by atoms with E-state index in [0.717, 1.165) is 9.87 Å². The van der Waals surface area contributed by atoms with Crippen molar-refractivity contribution in [2.24, 2.45) is 0 Å². The summed E-state index contributed by atoms with van der Waals surface area (Å²) < 4.78 is 26.6. The first kappa shape index (κ1) is 17.6. The van der Waals surface area contributed by atoms with Gasteiger partial charge in [0, 0.05) is 26.7 Å². The molecule has 0 fully saturated rings. The molecule has 1 amide bonds. The standard InChI is InChI=1S/C14H23N3O3S/c1-12(2)17(11-13-8-6-5-7-9-13)14(18)10-15-21(19,20)16(3)4/h5-9,12,15H,10-11H2,1-4H3. The van der Waals surface area contributed by atoms with Gasteiger partial charge in [0.25, 0.3) is 10.2 Å². The molecule has 0 atom stereocenters. The van der Waals surface area contributed by atoms with Gasteiger partial charge in [-0.25, -0.2) is 0 Å². The molecule has 118 valence electrons. The van der Waals surface area contributed by atoms with E-state index in [0.29, 0.717) is 6.54 Å². The van der Waals surface area contributed by atoms with E-state index in [-0.39, 0.29) is 18.5 Å². The molecule has 0 aromatic heterocycles. The average molecular weight is 313 g/mol. The van der Waals surface area contributed by atoms with Crippen molar-refractivity contribution in [1.29, 1.82) is 0 Å². The van der Waals surface area contributed by atoms with Crippen LogP contribution in [0.1, 0.15) is 19.4 Å². The molecule has 0 aliphatic carbocycles. The van der Waals surface area contributed by atoms with Crippen molar-refractivity contribution in [3.05, 3.63) is 35.9 Å². The molecule has 1 aromatic rings. The maximum Gasteiger partial charge on any atom is 0.279 e. The van der Waals surface area contributed by atoms with Gasteiger partial charge in [-0.2, -0.15) is 17.4 Å². The highest BCUT2D eigenvalue weighted by Gasteiger charge is 2.20. The Kier molecular flexibility index (Phi) is 6.32. The summed E-state index contributed by atoms with van der Waals surface area (Å²) in [6.45, 7) is 4.02. The number of carbonyl (C=O) groups excluding carboxylic acids is 1. The van der Waals surface area contributed by atoms with Gasteiger partial charge in [-0.3, -0.25) is 4.79 Å². The monoisotopic (exact) mass is 313 g/mol. The lowest BCUT2D eigenvalue weighted by Crippen LogP contribution is -2.45. The van der Waals surface area contributed by atoms with Crippen LogP contribution in [0.5, 0.6) is 0 Å². The van der Waals surface area contributed by atoms with E-state index in [9.17, 15) is 13.2 Å². The third kappa shape index (κ3) is 5.45. The second-order valence-electron chi connectivity index (χ2n) is 5.21. The van der Waals surface area contributed by atoms with E-state index < -0.39 is 10.2 Å². The number of hydrogen-bond donors (Lipinski definition) is 1. The fraction of sp³-hybridized carbons (Fsp3) is 0.500. The number of benzene rings is 1. The maximum atomic E-state index is 12.2. The number of carbonyl (C=O) groups is 1. The normalized spacial score (nSPS) is 11.9. The van der Waals surface area contributed by atoms with Crippen LogP contribution in [0.2, 0.25) is 0 Å². The van der Waals surface area contributed by atoms with Gasteiger partial charge in [-0.1, -0.05) is 30.3 Å². The Morgan fingerprint density at radius 3 is 2.24 bits per heavy atom. The van der Waals surface area contributed by atoms with Crippen molar-refractivity contribution in [3.8, 4) is 0 Å². The van der Waals surface area contributed by atoms with E-state index in [4.69, 9.17) is 0 Å². The minimum absolute atomic E-state index is 0.0124. The molecular weight excluding hydrogens is 290 g/mol. The third-order valence-corrected chi connectivity index (χ3v) is 4.50. The zero-order valence-electron chi connectivity index (χ0n) is 12.9. The first-order chi connectivity index (χ1) is 9.74. The Labute approximate surface area is 126 Å². The van der Waals surface area contributed by atoms with Crippen LogP contribution in [0.4, 0.5) is 0 Å². The summed E-state index contributed by atoms with van der Waals surface area (Å²) in [5.74, 6) is -0.251. The van der Waals surface area contributed by atoms with E-state index >= 15 is 0 Å². The first-order valence-corrected chi connectivity index (χ1v) is 8.18. The van der Waals surface area contributed by atoms with Crippen LogP contribution in [0.15, 0.2) is 30.3 Å². The van der Waals surface area contributed by atoms with Gasteiger partial charge in [0.2, 0.25) is 5.91 Å². The minimum Gasteiger partial charge on any atom is -0.335 e. The maximum absolute atomic E-state index is 12.2. The summed E-state index contributed by atoms with van der Waals surface area (Å²) in [5, 5.41) is 0. The Bertz CT molecular complexity index is 556. The molecule has 1 aromatic carbocycles. The minimum atomic E-state index is -3.59. The van der Waals surface area contributed by atoms with Gasteiger partial charge in [-0.05, 0) is 19.4 Å². The summed E-state index contributed by atoms with van der Waals surface area (Å²) in [4.78, 5) is 13.9. The van der Waals surface area contributed by atoms with Crippen LogP contribution in [0.25, 0.3) is 0 Å².